The number of hydrogen-bond acceptors (Lipinski definition) is 1. The second-order valence-electron chi connectivity index (χ2n) is 3.32. The molecule has 0 aromatic rings. The standard InChI is InChI=1S/C8H14F3NO/c1-6(2)3-4-12-7(13)5-8(9,10)11/h6H,3-5H2,1-2H3,(H,12,13). The topological polar surface area (TPSA) is 29.1 Å². The van der Waals surface area contributed by atoms with E-state index in [0.29, 0.717) is 18.9 Å². The number of hydrogen-bond donors (Lipinski definition) is 1. The van der Waals surface area contributed by atoms with E-state index in [2.05, 4.69) is 5.32 Å². The summed E-state index contributed by atoms with van der Waals surface area (Å²) in [7, 11) is 0. The normalized spacial score (nSPS) is 11.8. The zero-order chi connectivity index (χ0) is 10.5. The lowest BCUT2D eigenvalue weighted by molar-refractivity contribution is -0.153. The molecule has 0 rings (SSSR count). The second kappa shape index (κ2) is 5.09. The van der Waals surface area contributed by atoms with Crippen molar-refractivity contribution in [2.75, 3.05) is 6.54 Å². The Morgan fingerprint density at radius 1 is 1.38 bits per heavy atom. The van der Waals surface area contributed by atoms with Crippen LogP contribution in [0.2, 0.25) is 0 Å². The van der Waals surface area contributed by atoms with Crippen molar-refractivity contribution < 1.29 is 18.0 Å². The molecule has 0 spiro atoms. The van der Waals surface area contributed by atoms with E-state index < -0.39 is 18.5 Å². The fraction of sp³-hybridized carbons (Fsp3) is 0.875. The molecule has 5 heteroatoms. The Kier molecular flexibility index (Phi) is 4.80. The average molecular weight is 197 g/mol. The molecule has 0 aliphatic rings. The first-order chi connectivity index (χ1) is 5.81. The summed E-state index contributed by atoms with van der Waals surface area (Å²) in [6.45, 7) is 4.19. The molecule has 0 aliphatic heterocycles. The third kappa shape index (κ3) is 9.17. The molecule has 78 valence electrons. The Hall–Kier alpha value is -0.740. The van der Waals surface area contributed by atoms with Crippen molar-refractivity contribution in [2.45, 2.75) is 32.9 Å². The summed E-state index contributed by atoms with van der Waals surface area (Å²) < 4.78 is 34.9. The van der Waals surface area contributed by atoms with Crippen LogP contribution in [0, 0.1) is 5.92 Å². The zero-order valence-corrected chi connectivity index (χ0v) is 7.74. The summed E-state index contributed by atoms with van der Waals surface area (Å²) in [4.78, 5) is 10.6. The van der Waals surface area contributed by atoms with Gasteiger partial charge in [0.15, 0.2) is 0 Å². The molecule has 0 aliphatic carbocycles. The second-order valence-corrected chi connectivity index (χ2v) is 3.32. The summed E-state index contributed by atoms with van der Waals surface area (Å²) in [5.74, 6) is -0.570. The molecule has 0 radical (unpaired) electrons. The minimum absolute atomic E-state index is 0.312. The molecule has 1 N–H and O–H groups in total. The molecule has 0 saturated heterocycles. The number of carbonyl (C=O) groups excluding carboxylic acids is 1. The molecule has 2 nitrogen and oxygen atoms in total. The van der Waals surface area contributed by atoms with Crippen LogP contribution in [0.3, 0.4) is 0 Å². The lowest BCUT2D eigenvalue weighted by atomic mass is 10.1. The van der Waals surface area contributed by atoms with E-state index in [9.17, 15) is 18.0 Å². The Morgan fingerprint density at radius 3 is 2.31 bits per heavy atom. The highest BCUT2D eigenvalue weighted by molar-refractivity contribution is 5.76. The molecule has 0 fully saturated rings. The van der Waals surface area contributed by atoms with Gasteiger partial charge in [0.25, 0.3) is 0 Å². The third-order valence-corrected chi connectivity index (χ3v) is 1.40. The van der Waals surface area contributed by atoms with Crippen LogP contribution in [0.1, 0.15) is 26.7 Å². The Morgan fingerprint density at radius 2 is 1.92 bits per heavy atom. The van der Waals surface area contributed by atoms with Crippen LogP contribution in [0.15, 0.2) is 0 Å². The van der Waals surface area contributed by atoms with Gasteiger partial charge in [-0.2, -0.15) is 13.2 Å². The molecular weight excluding hydrogens is 183 g/mol. The lowest BCUT2D eigenvalue weighted by Gasteiger charge is -2.08. The third-order valence-electron chi connectivity index (χ3n) is 1.40. The maximum absolute atomic E-state index is 11.6. The van der Waals surface area contributed by atoms with Crippen LogP contribution in [-0.2, 0) is 4.79 Å². The molecule has 0 bridgehead atoms. The van der Waals surface area contributed by atoms with Gasteiger partial charge in [-0.3, -0.25) is 4.79 Å². The highest BCUT2D eigenvalue weighted by Crippen LogP contribution is 2.18. The van der Waals surface area contributed by atoms with Gasteiger partial charge in [0.1, 0.15) is 6.42 Å². The van der Waals surface area contributed by atoms with Gasteiger partial charge in [-0.05, 0) is 12.3 Å². The molecule has 0 unspecified atom stereocenters. The maximum atomic E-state index is 11.6. The van der Waals surface area contributed by atoms with Gasteiger partial charge >= 0.3 is 6.18 Å². The van der Waals surface area contributed by atoms with E-state index in [-0.39, 0.29) is 0 Å². The van der Waals surface area contributed by atoms with E-state index in [0.717, 1.165) is 0 Å². The molecular formula is C8H14F3NO. The maximum Gasteiger partial charge on any atom is 0.397 e. The Bertz CT molecular complexity index is 165. The van der Waals surface area contributed by atoms with E-state index in [4.69, 9.17) is 0 Å². The van der Waals surface area contributed by atoms with Crippen molar-refractivity contribution in [3.05, 3.63) is 0 Å². The average Bonchev–Trinajstić information content (AvgIpc) is 1.81. The minimum atomic E-state index is -4.40. The number of alkyl halides is 3. The summed E-state index contributed by atoms with van der Waals surface area (Å²) in [6, 6.07) is 0. The first kappa shape index (κ1) is 12.3. The molecule has 0 heterocycles. The lowest BCUT2D eigenvalue weighted by Crippen LogP contribution is -2.29. The first-order valence-corrected chi connectivity index (χ1v) is 4.14. The monoisotopic (exact) mass is 197 g/mol. The first-order valence-electron chi connectivity index (χ1n) is 4.14. The van der Waals surface area contributed by atoms with Gasteiger partial charge in [0.2, 0.25) is 5.91 Å². The molecule has 0 saturated carbocycles. The smallest absolute Gasteiger partial charge is 0.356 e. The Labute approximate surface area is 75.5 Å². The molecule has 0 aromatic heterocycles. The predicted molar refractivity (Wildman–Crippen MR) is 43.1 cm³/mol. The minimum Gasteiger partial charge on any atom is -0.356 e. The predicted octanol–water partition coefficient (Wildman–Crippen LogP) is 2.10. The number of halogens is 3. The quantitative estimate of drug-likeness (QED) is 0.734. The van der Waals surface area contributed by atoms with Crippen LogP contribution < -0.4 is 5.32 Å². The molecule has 13 heavy (non-hydrogen) atoms. The number of rotatable bonds is 4. The SMILES string of the molecule is CC(C)CCNC(=O)CC(F)(F)F. The fourth-order valence-corrected chi connectivity index (χ4v) is 0.745. The van der Waals surface area contributed by atoms with Gasteiger partial charge in [-0.1, -0.05) is 13.8 Å². The van der Waals surface area contributed by atoms with E-state index in [1.54, 1.807) is 0 Å². The highest BCUT2D eigenvalue weighted by atomic mass is 19.4. The Balaban J connectivity index is 3.53. The van der Waals surface area contributed by atoms with E-state index >= 15 is 0 Å². The van der Waals surface area contributed by atoms with E-state index in [1.165, 1.54) is 0 Å². The summed E-state index contributed by atoms with van der Waals surface area (Å²) in [6.07, 6.45) is -5.09. The number of nitrogens with one attached hydrogen (secondary N) is 1. The van der Waals surface area contributed by atoms with Crippen LogP contribution in [0.25, 0.3) is 0 Å². The van der Waals surface area contributed by atoms with Crippen molar-refractivity contribution in [3.8, 4) is 0 Å². The molecule has 0 atom stereocenters. The number of carbonyl (C=O) groups is 1. The summed E-state index contributed by atoms with van der Waals surface area (Å²) in [5, 5.41) is 2.21. The summed E-state index contributed by atoms with van der Waals surface area (Å²) >= 11 is 0. The van der Waals surface area contributed by atoms with Crippen molar-refractivity contribution in [1.29, 1.82) is 0 Å². The van der Waals surface area contributed by atoms with Crippen LogP contribution >= 0.6 is 0 Å². The molecule has 0 aromatic carbocycles. The van der Waals surface area contributed by atoms with Gasteiger partial charge in [-0.15, -0.1) is 0 Å². The highest BCUT2D eigenvalue weighted by Gasteiger charge is 2.30. The van der Waals surface area contributed by atoms with Gasteiger partial charge in [0.05, 0.1) is 0 Å². The van der Waals surface area contributed by atoms with Crippen LogP contribution in [0.4, 0.5) is 13.2 Å². The van der Waals surface area contributed by atoms with Crippen molar-refractivity contribution >= 4 is 5.91 Å². The summed E-state index contributed by atoms with van der Waals surface area (Å²) in [5.41, 5.74) is 0. The molecule has 1 amide bonds. The van der Waals surface area contributed by atoms with Crippen LogP contribution in [-0.4, -0.2) is 18.6 Å². The van der Waals surface area contributed by atoms with Gasteiger partial charge < -0.3 is 5.32 Å². The van der Waals surface area contributed by atoms with Gasteiger partial charge in [-0.25, -0.2) is 0 Å². The fourth-order valence-electron chi connectivity index (χ4n) is 0.745. The van der Waals surface area contributed by atoms with Crippen molar-refractivity contribution in [1.82, 2.24) is 5.32 Å². The van der Waals surface area contributed by atoms with Crippen molar-refractivity contribution in [2.24, 2.45) is 5.92 Å². The number of amides is 1. The van der Waals surface area contributed by atoms with Crippen molar-refractivity contribution in [3.63, 3.8) is 0 Å². The van der Waals surface area contributed by atoms with Crippen LogP contribution in [0.5, 0.6) is 0 Å². The largest absolute Gasteiger partial charge is 0.397 e. The van der Waals surface area contributed by atoms with Gasteiger partial charge in [0, 0.05) is 6.54 Å². The van der Waals surface area contributed by atoms with E-state index in [1.807, 2.05) is 13.8 Å². The zero-order valence-electron chi connectivity index (χ0n) is 7.74.